The number of amides is 2. The van der Waals surface area contributed by atoms with Crippen molar-refractivity contribution in [1.82, 2.24) is 19.6 Å². The van der Waals surface area contributed by atoms with Crippen molar-refractivity contribution < 1.29 is 14.3 Å². The molecule has 0 radical (unpaired) electrons. The Kier molecular flexibility index (Phi) is 9.17. The van der Waals surface area contributed by atoms with Gasteiger partial charge in [0, 0.05) is 59.9 Å². The maximum absolute atomic E-state index is 12.8. The van der Waals surface area contributed by atoms with Gasteiger partial charge in [0.25, 0.3) is 0 Å². The molecule has 2 amide bonds. The van der Waals surface area contributed by atoms with Gasteiger partial charge in [0.2, 0.25) is 0 Å². The van der Waals surface area contributed by atoms with Crippen LogP contribution in [0.5, 0.6) is 5.75 Å². The molecule has 2 aliphatic heterocycles. The van der Waals surface area contributed by atoms with Crippen LogP contribution >= 0.6 is 0 Å². The van der Waals surface area contributed by atoms with Gasteiger partial charge in [-0.25, -0.2) is 4.79 Å². The molecule has 4 rings (SSSR count). The summed E-state index contributed by atoms with van der Waals surface area (Å²) in [7, 11) is 3.56. The molecule has 2 aliphatic rings. The Morgan fingerprint density at radius 1 is 0.972 bits per heavy atom. The third-order valence-corrected chi connectivity index (χ3v) is 6.74. The molecule has 0 spiro atoms. The number of morpholine rings is 2. The number of ether oxygens (including phenoxy) is 2. The van der Waals surface area contributed by atoms with Crippen LogP contribution in [0.2, 0.25) is 0 Å². The molecule has 2 saturated heterocycles. The highest BCUT2D eigenvalue weighted by Gasteiger charge is 2.34. The second-order valence-corrected chi connectivity index (χ2v) is 9.78. The van der Waals surface area contributed by atoms with Gasteiger partial charge in [-0.15, -0.1) is 0 Å². The van der Waals surface area contributed by atoms with Crippen LogP contribution in [0.1, 0.15) is 11.1 Å². The topological polar surface area (TPSA) is 72.3 Å². The molecule has 2 heterocycles. The average molecular weight is 492 g/mol. The molecule has 192 valence electrons. The molecule has 2 atom stereocenters. The van der Waals surface area contributed by atoms with E-state index >= 15 is 0 Å². The molecule has 2 bridgehead atoms. The minimum Gasteiger partial charge on any atom is -0.492 e. The van der Waals surface area contributed by atoms with E-state index in [1.807, 2.05) is 4.90 Å². The van der Waals surface area contributed by atoms with Crippen LogP contribution in [0.3, 0.4) is 0 Å². The lowest BCUT2D eigenvalue weighted by Crippen LogP contribution is -2.60. The maximum Gasteiger partial charge on any atom is 0.319 e. The van der Waals surface area contributed by atoms with Gasteiger partial charge in [-0.05, 0) is 36.2 Å². The van der Waals surface area contributed by atoms with Crippen LogP contribution in [-0.2, 0) is 11.2 Å². The van der Waals surface area contributed by atoms with Gasteiger partial charge >= 0.3 is 6.03 Å². The fraction of sp³-hybridized carbons (Fsp3) is 0.500. The standard InChI is InChI=1S/C28H37N5O3/c1-30(2)28(34)33(16-17-35-25-10-8-24(18-29)9-11-25)15-14-32-21-26-19-31(20-27(22-32)36-26)13-12-23-6-4-3-5-7-23/h3-11,26-27H,12-17,19-22H2,1-2H3. The van der Waals surface area contributed by atoms with E-state index in [1.54, 1.807) is 43.3 Å². The first kappa shape index (κ1) is 26.0. The summed E-state index contributed by atoms with van der Waals surface area (Å²) in [6.45, 7) is 7.12. The lowest BCUT2D eigenvalue weighted by atomic mass is 10.1. The monoisotopic (exact) mass is 491 g/mol. The van der Waals surface area contributed by atoms with Crippen LogP contribution in [0.15, 0.2) is 54.6 Å². The summed E-state index contributed by atoms with van der Waals surface area (Å²) in [5.74, 6) is 0.698. The van der Waals surface area contributed by atoms with Gasteiger partial charge in [0.05, 0.1) is 30.4 Å². The van der Waals surface area contributed by atoms with E-state index < -0.39 is 0 Å². The van der Waals surface area contributed by atoms with Gasteiger partial charge < -0.3 is 19.3 Å². The average Bonchev–Trinajstić information content (AvgIpc) is 2.89. The molecule has 2 aromatic rings. The zero-order valence-corrected chi connectivity index (χ0v) is 21.4. The first-order valence-electron chi connectivity index (χ1n) is 12.7. The molecule has 0 N–H and O–H groups in total. The van der Waals surface area contributed by atoms with E-state index in [1.165, 1.54) is 5.56 Å². The molecule has 2 unspecified atom stereocenters. The summed E-state index contributed by atoms with van der Waals surface area (Å²) in [6.07, 6.45) is 1.49. The lowest BCUT2D eigenvalue weighted by molar-refractivity contribution is -0.138. The highest BCUT2D eigenvalue weighted by atomic mass is 16.5. The molecular formula is C28H37N5O3. The number of benzene rings is 2. The highest BCUT2D eigenvalue weighted by Crippen LogP contribution is 2.20. The first-order chi connectivity index (χ1) is 17.5. The van der Waals surface area contributed by atoms with Gasteiger partial charge in [-0.2, -0.15) is 5.26 Å². The maximum atomic E-state index is 12.8. The molecule has 0 aliphatic carbocycles. The second-order valence-electron chi connectivity index (χ2n) is 9.78. The number of urea groups is 1. The zero-order chi connectivity index (χ0) is 25.3. The second kappa shape index (κ2) is 12.7. The molecule has 2 fully saturated rings. The van der Waals surface area contributed by atoms with E-state index in [9.17, 15) is 4.79 Å². The van der Waals surface area contributed by atoms with E-state index in [-0.39, 0.29) is 18.2 Å². The summed E-state index contributed by atoms with van der Waals surface area (Å²) in [4.78, 5) is 21.2. The van der Waals surface area contributed by atoms with E-state index in [0.717, 1.165) is 45.7 Å². The summed E-state index contributed by atoms with van der Waals surface area (Å²) in [6, 6.07) is 19.8. The van der Waals surface area contributed by atoms with Crippen molar-refractivity contribution in [2.75, 3.05) is 73.1 Å². The lowest BCUT2D eigenvalue weighted by Gasteiger charge is -2.46. The number of nitriles is 1. The Balaban J connectivity index is 1.23. The third-order valence-electron chi connectivity index (χ3n) is 6.74. The van der Waals surface area contributed by atoms with Gasteiger partial charge in [0.1, 0.15) is 12.4 Å². The van der Waals surface area contributed by atoms with Crippen molar-refractivity contribution in [1.29, 1.82) is 5.26 Å². The number of rotatable bonds is 10. The number of hydrogen-bond donors (Lipinski definition) is 0. The minimum atomic E-state index is -0.0148. The van der Waals surface area contributed by atoms with E-state index in [4.69, 9.17) is 14.7 Å². The molecule has 2 aromatic carbocycles. The fourth-order valence-corrected chi connectivity index (χ4v) is 4.91. The Hall–Kier alpha value is -3.12. The Morgan fingerprint density at radius 2 is 1.61 bits per heavy atom. The number of fused-ring (bicyclic) bond motifs is 2. The van der Waals surface area contributed by atoms with Crippen LogP contribution in [0.25, 0.3) is 0 Å². The van der Waals surface area contributed by atoms with E-state index in [2.05, 4.69) is 46.2 Å². The quantitative estimate of drug-likeness (QED) is 0.509. The van der Waals surface area contributed by atoms with Crippen LogP contribution in [-0.4, -0.2) is 111 Å². The van der Waals surface area contributed by atoms with Crippen molar-refractivity contribution >= 4 is 6.03 Å². The fourth-order valence-electron chi connectivity index (χ4n) is 4.91. The Bertz CT molecular complexity index is 994. The minimum absolute atomic E-state index is 0.0148. The number of carbonyl (C=O) groups excluding carboxylic acids is 1. The normalized spacial score (nSPS) is 19.9. The number of nitrogens with zero attached hydrogens (tertiary/aromatic N) is 5. The van der Waals surface area contributed by atoms with Crippen molar-refractivity contribution in [2.24, 2.45) is 0 Å². The number of carbonyl (C=O) groups is 1. The third kappa shape index (κ3) is 7.44. The van der Waals surface area contributed by atoms with Crippen molar-refractivity contribution in [3.63, 3.8) is 0 Å². The Labute approximate surface area is 214 Å². The smallest absolute Gasteiger partial charge is 0.319 e. The van der Waals surface area contributed by atoms with Crippen LogP contribution in [0.4, 0.5) is 4.79 Å². The molecular weight excluding hydrogens is 454 g/mol. The highest BCUT2D eigenvalue weighted by molar-refractivity contribution is 5.73. The van der Waals surface area contributed by atoms with Crippen molar-refractivity contribution in [3.8, 4) is 11.8 Å². The molecule has 0 aromatic heterocycles. The first-order valence-corrected chi connectivity index (χ1v) is 12.7. The summed E-state index contributed by atoms with van der Waals surface area (Å²) < 4.78 is 12.1. The van der Waals surface area contributed by atoms with Crippen molar-refractivity contribution in [2.45, 2.75) is 18.6 Å². The predicted octanol–water partition coefficient (Wildman–Crippen LogP) is 2.55. The van der Waals surface area contributed by atoms with Gasteiger partial charge in [0.15, 0.2) is 0 Å². The van der Waals surface area contributed by atoms with Gasteiger partial charge in [-0.3, -0.25) is 9.80 Å². The van der Waals surface area contributed by atoms with Crippen LogP contribution in [0, 0.1) is 11.3 Å². The molecule has 36 heavy (non-hydrogen) atoms. The Morgan fingerprint density at radius 3 is 2.22 bits per heavy atom. The summed E-state index contributed by atoms with van der Waals surface area (Å²) >= 11 is 0. The molecule has 8 heteroatoms. The van der Waals surface area contributed by atoms with Crippen molar-refractivity contribution in [3.05, 3.63) is 65.7 Å². The zero-order valence-electron chi connectivity index (χ0n) is 21.4. The SMILES string of the molecule is CN(C)C(=O)N(CCOc1ccc(C#N)cc1)CCN1CC2CN(CCc3ccccc3)CC(C1)O2. The summed E-state index contributed by atoms with van der Waals surface area (Å²) in [5.41, 5.74) is 1.98. The molecule has 8 nitrogen and oxygen atoms in total. The predicted molar refractivity (Wildman–Crippen MR) is 139 cm³/mol. The summed E-state index contributed by atoms with van der Waals surface area (Å²) in [5, 5.41) is 8.94. The largest absolute Gasteiger partial charge is 0.492 e. The molecule has 0 saturated carbocycles. The van der Waals surface area contributed by atoms with Crippen LogP contribution < -0.4 is 4.74 Å². The van der Waals surface area contributed by atoms with Gasteiger partial charge in [-0.1, -0.05) is 30.3 Å². The van der Waals surface area contributed by atoms with E-state index in [0.29, 0.717) is 31.0 Å². The number of hydrogen-bond acceptors (Lipinski definition) is 6.